The highest BCUT2D eigenvalue weighted by molar-refractivity contribution is 8.02. The molecule has 37 heavy (non-hydrogen) atoms. The predicted octanol–water partition coefficient (Wildman–Crippen LogP) is 5.37. The highest BCUT2D eigenvalue weighted by Crippen LogP contribution is 2.45. The number of benzene rings is 1. The van der Waals surface area contributed by atoms with E-state index in [9.17, 15) is 24.8 Å². The monoisotopic (exact) mass is 550 g/mol. The molecular weight excluding hydrogens is 512 g/mol. The largest absolute Gasteiger partial charge is 0.456 e. The molecule has 0 aliphatic carbocycles. The Morgan fingerprint density at radius 2 is 1.86 bits per heavy atom. The summed E-state index contributed by atoms with van der Waals surface area (Å²) in [6, 6.07) is 5.74. The zero-order valence-corrected chi connectivity index (χ0v) is 24.6. The van der Waals surface area contributed by atoms with Crippen LogP contribution in [0.1, 0.15) is 47.1 Å². The van der Waals surface area contributed by atoms with E-state index in [1.807, 2.05) is 6.92 Å². The summed E-state index contributed by atoms with van der Waals surface area (Å²) in [5, 5.41) is 21.3. The van der Waals surface area contributed by atoms with Crippen molar-refractivity contribution in [1.29, 1.82) is 0 Å². The number of β-lactam (4-membered cyclic amide) rings is 1. The van der Waals surface area contributed by atoms with Gasteiger partial charge in [-0.2, -0.15) is 0 Å². The fourth-order valence-corrected chi connectivity index (χ4v) is 6.30. The lowest BCUT2D eigenvalue weighted by Crippen LogP contribution is -2.64. The fraction of sp³-hybridized carbons (Fsp3) is 0.538. The number of aliphatic hydroxyl groups excluding tert-OH is 1. The number of carbonyl (C=O) groups excluding carboxylic acids is 2. The molecule has 1 fully saturated rings. The van der Waals surface area contributed by atoms with Crippen LogP contribution in [0.15, 0.2) is 47.0 Å². The van der Waals surface area contributed by atoms with Gasteiger partial charge in [0.15, 0.2) is 8.32 Å². The molecule has 1 N–H and O–H groups in total. The predicted molar refractivity (Wildman–Crippen MR) is 147 cm³/mol. The second kappa shape index (κ2) is 12.4. The first kappa shape index (κ1) is 30.7. The maximum absolute atomic E-state index is 13.5. The van der Waals surface area contributed by atoms with Crippen LogP contribution in [0.2, 0.25) is 18.1 Å². The smallest absolute Gasteiger partial charge is 0.355 e. The maximum atomic E-state index is 13.5. The number of ether oxygens (including phenoxy) is 1. The molecule has 204 valence electrons. The van der Waals surface area contributed by atoms with E-state index in [0.717, 1.165) is 0 Å². The van der Waals surface area contributed by atoms with E-state index < -0.39 is 30.5 Å². The number of hydrogen-bond donors (Lipinski definition) is 1. The van der Waals surface area contributed by atoms with Crippen LogP contribution in [0.5, 0.6) is 0 Å². The number of nitro benzene ring substituents is 1. The van der Waals surface area contributed by atoms with Crippen molar-refractivity contribution in [3.05, 3.63) is 62.7 Å². The molecule has 1 amide bonds. The minimum atomic E-state index is -2.15. The van der Waals surface area contributed by atoms with Gasteiger partial charge in [0.2, 0.25) is 5.91 Å². The van der Waals surface area contributed by atoms with E-state index in [2.05, 4.69) is 33.9 Å². The second-order valence-corrected chi connectivity index (χ2v) is 16.5. The molecule has 2 rings (SSSR count). The fourth-order valence-electron chi connectivity index (χ4n) is 3.67. The van der Waals surface area contributed by atoms with Gasteiger partial charge in [0.05, 0.1) is 23.6 Å². The molecule has 0 bridgehead atoms. The number of thioether (sulfide) groups is 1. The summed E-state index contributed by atoms with van der Waals surface area (Å²) in [4.78, 5) is 38.4. The molecule has 0 radical (unpaired) electrons. The second-order valence-electron chi connectivity index (χ2n) is 10.7. The van der Waals surface area contributed by atoms with Crippen molar-refractivity contribution in [2.75, 3.05) is 6.61 Å². The molecule has 2 unspecified atom stereocenters. The number of aliphatic hydroxyl groups is 1. The van der Waals surface area contributed by atoms with Crippen LogP contribution in [0.25, 0.3) is 0 Å². The molecule has 11 heteroatoms. The van der Waals surface area contributed by atoms with Gasteiger partial charge in [0.25, 0.3) is 5.69 Å². The number of rotatable bonds is 11. The van der Waals surface area contributed by atoms with E-state index in [1.165, 1.54) is 40.9 Å². The van der Waals surface area contributed by atoms with Crippen molar-refractivity contribution in [2.24, 2.45) is 5.92 Å². The lowest BCUT2D eigenvalue weighted by atomic mass is 9.91. The van der Waals surface area contributed by atoms with Crippen LogP contribution in [-0.4, -0.2) is 53.2 Å². The highest BCUT2D eigenvalue weighted by atomic mass is 32.2. The standard InChI is InChI=1S/C26H38N2O7SSi/c1-17(2)22(25(31)34-16-19-10-12-20(13-11-19)28(32)33)27-23(30)21(24(27)36-15-9-14-29)18(3)35-37(7,8)26(4,5)6/h9-13,15,18,21,24,29H,14,16H2,1-8H3/t18-,21?,24?/m1/s1. The average Bonchev–Trinajstić information content (AvgIpc) is 2.79. The molecule has 0 spiro atoms. The van der Waals surface area contributed by atoms with Crippen molar-refractivity contribution in [3.63, 3.8) is 0 Å². The maximum Gasteiger partial charge on any atom is 0.355 e. The topological polar surface area (TPSA) is 119 Å². The van der Waals surface area contributed by atoms with Crippen LogP contribution in [0.4, 0.5) is 5.69 Å². The number of nitrogens with zero attached hydrogens (tertiary/aromatic N) is 2. The third-order valence-electron chi connectivity index (χ3n) is 6.72. The first-order chi connectivity index (χ1) is 17.1. The van der Waals surface area contributed by atoms with E-state index >= 15 is 0 Å². The van der Waals surface area contributed by atoms with Gasteiger partial charge in [-0.15, -0.1) is 11.8 Å². The first-order valence-electron chi connectivity index (χ1n) is 12.1. The van der Waals surface area contributed by atoms with Gasteiger partial charge in [-0.3, -0.25) is 19.8 Å². The molecule has 3 atom stereocenters. The number of amides is 1. The number of non-ortho nitro benzene ring substituents is 1. The SMILES string of the molecule is CC(C)=C(C(=O)OCc1ccc([N+](=O)[O-])cc1)N1C(=O)C([C@@H](C)O[Si](C)(C)C(C)(C)C)C1SC=CCO. The van der Waals surface area contributed by atoms with Crippen LogP contribution >= 0.6 is 11.8 Å². The minimum Gasteiger partial charge on any atom is -0.456 e. The Balaban J connectivity index is 2.25. The number of esters is 1. The number of allylic oxidation sites excluding steroid dienone is 1. The zero-order valence-electron chi connectivity index (χ0n) is 22.8. The summed E-state index contributed by atoms with van der Waals surface area (Å²) < 4.78 is 12.0. The molecule has 1 heterocycles. The Bertz CT molecular complexity index is 1060. The van der Waals surface area contributed by atoms with Crippen LogP contribution in [-0.2, 0) is 25.4 Å². The molecule has 1 aliphatic heterocycles. The Kier molecular flexibility index (Phi) is 10.3. The highest BCUT2D eigenvalue weighted by Gasteiger charge is 2.55. The summed E-state index contributed by atoms with van der Waals surface area (Å²) >= 11 is 1.35. The molecule has 1 saturated heterocycles. The Morgan fingerprint density at radius 3 is 2.35 bits per heavy atom. The van der Waals surface area contributed by atoms with Gasteiger partial charge in [-0.1, -0.05) is 26.8 Å². The lowest BCUT2D eigenvalue weighted by Gasteiger charge is -2.50. The van der Waals surface area contributed by atoms with Crippen molar-refractivity contribution in [2.45, 2.75) is 77.8 Å². The molecule has 1 aliphatic rings. The summed E-state index contributed by atoms with van der Waals surface area (Å²) in [6.07, 6.45) is 1.22. The van der Waals surface area contributed by atoms with E-state index in [1.54, 1.807) is 25.3 Å². The van der Waals surface area contributed by atoms with E-state index in [-0.39, 0.29) is 41.6 Å². The lowest BCUT2D eigenvalue weighted by molar-refractivity contribution is -0.384. The molecule has 1 aromatic rings. The van der Waals surface area contributed by atoms with E-state index in [4.69, 9.17) is 9.16 Å². The molecule has 9 nitrogen and oxygen atoms in total. The van der Waals surface area contributed by atoms with Gasteiger partial charge in [-0.25, -0.2) is 4.79 Å². The van der Waals surface area contributed by atoms with Crippen molar-refractivity contribution in [1.82, 2.24) is 4.90 Å². The summed E-state index contributed by atoms with van der Waals surface area (Å²) in [5.41, 5.74) is 1.32. The van der Waals surface area contributed by atoms with Gasteiger partial charge < -0.3 is 14.3 Å². The van der Waals surface area contributed by atoms with Crippen molar-refractivity contribution in [3.8, 4) is 0 Å². The average molecular weight is 551 g/mol. The van der Waals surface area contributed by atoms with Gasteiger partial charge in [-0.05, 0) is 67.6 Å². The van der Waals surface area contributed by atoms with Gasteiger partial charge in [0.1, 0.15) is 17.7 Å². The van der Waals surface area contributed by atoms with Gasteiger partial charge >= 0.3 is 5.97 Å². The molecule has 0 saturated carbocycles. The number of likely N-dealkylation sites (tertiary alicyclic amines) is 1. The first-order valence-corrected chi connectivity index (χ1v) is 16.0. The van der Waals surface area contributed by atoms with Gasteiger partial charge in [0, 0.05) is 12.1 Å². The Labute approximate surface area is 224 Å². The number of hydrogen-bond acceptors (Lipinski definition) is 8. The normalized spacial score (nSPS) is 18.9. The van der Waals surface area contributed by atoms with E-state index in [0.29, 0.717) is 11.1 Å². The van der Waals surface area contributed by atoms with Crippen LogP contribution in [0.3, 0.4) is 0 Å². The Hall–Kier alpha value is -2.47. The third-order valence-corrected chi connectivity index (χ3v) is 12.4. The minimum absolute atomic E-state index is 0.0279. The van der Waals surface area contributed by atoms with Crippen molar-refractivity contribution < 1.29 is 28.8 Å². The molecular formula is C26H38N2O7SSi. The zero-order chi connectivity index (χ0) is 28.1. The number of carbonyl (C=O) groups is 2. The molecule has 0 aromatic heterocycles. The van der Waals surface area contributed by atoms with Crippen LogP contribution in [0, 0.1) is 16.0 Å². The summed E-state index contributed by atoms with van der Waals surface area (Å²) in [6.45, 7) is 15.8. The molecule has 1 aromatic carbocycles. The summed E-state index contributed by atoms with van der Waals surface area (Å²) in [7, 11) is -2.15. The quantitative estimate of drug-likeness (QED) is 0.0976. The third kappa shape index (κ3) is 7.31. The van der Waals surface area contributed by atoms with Crippen LogP contribution < -0.4 is 0 Å². The summed E-state index contributed by atoms with van der Waals surface area (Å²) in [5.74, 6) is -1.34. The Morgan fingerprint density at radius 1 is 1.27 bits per heavy atom. The number of nitro groups is 1. The van der Waals surface area contributed by atoms with Crippen molar-refractivity contribution >= 4 is 37.6 Å².